The molecular formula is C11H21N3O. The van der Waals surface area contributed by atoms with E-state index >= 15 is 0 Å². The number of nitrogens with one attached hydrogen (secondary N) is 1. The third-order valence-electron chi connectivity index (χ3n) is 2.37. The molecule has 1 aromatic heterocycles. The number of rotatable bonds is 6. The molecule has 0 bridgehead atoms. The summed E-state index contributed by atoms with van der Waals surface area (Å²) < 4.78 is 2.03. The van der Waals surface area contributed by atoms with Gasteiger partial charge in [-0.2, -0.15) is 0 Å². The van der Waals surface area contributed by atoms with Crippen molar-refractivity contribution in [2.75, 3.05) is 11.9 Å². The molecule has 86 valence electrons. The highest BCUT2D eigenvalue weighted by Crippen LogP contribution is 2.11. The normalized spacial score (nSPS) is 13.1. The van der Waals surface area contributed by atoms with E-state index in [0.717, 1.165) is 18.9 Å². The van der Waals surface area contributed by atoms with Crippen molar-refractivity contribution in [2.24, 2.45) is 5.92 Å². The average Bonchev–Trinajstić information content (AvgIpc) is 2.63. The molecule has 1 unspecified atom stereocenters. The summed E-state index contributed by atoms with van der Waals surface area (Å²) in [5, 5.41) is 12.5. The largest absolute Gasteiger partial charge is 0.394 e. The van der Waals surface area contributed by atoms with Crippen LogP contribution in [-0.4, -0.2) is 27.3 Å². The van der Waals surface area contributed by atoms with Gasteiger partial charge in [0.1, 0.15) is 0 Å². The molecule has 4 heteroatoms. The van der Waals surface area contributed by atoms with Crippen molar-refractivity contribution in [3.05, 3.63) is 12.4 Å². The molecule has 0 aliphatic heterocycles. The maximum atomic E-state index is 9.24. The summed E-state index contributed by atoms with van der Waals surface area (Å²) in [7, 11) is 0. The number of imidazole rings is 1. The van der Waals surface area contributed by atoms with Gasteiger partial charge < -0.3 is 15.0 Å². The Morgan fingerprint density at radius 3 is 2.80 bits per heavy atom. The number of hydrogen-bond acceptors (Lipinski definition) is 3. The van der Waals surface area contributed by atoms with Crippen LogP contribution in [0.25, 0.3) is 0 Å². The number of aryl methyl sites for hydroxylation is 1. The van der Waals surface area contributed by atoms with Gasteiger partial charge in [-0.25, -0.2) is 4.98 Å². The number of aliphatic hydroxyl groups excluding tert-OH is 1. The Hall–Kier alpha value is -1.03. The van der Waals surface area contributed by atoms with Gasteiger partial charge in [0.25, 0.3) is 0 Å². The van der Waals surface area contributed by atoms with Crippen LogP contribution in [0.5, 0.6) is 0 Å². The summed E-state index contributed by atoms with van der Waals surface area (Å²) in [6.45, 7) is 7.41. The highest BCUT2D eigenvalue weighted by molar-refractivity contribution is 5.27. The van der Waals surface area contributed by atoms with E-state index < -0.39 is 0 Å². The molecule has 1 rings (SSSR count). The number of hydrogen-bond donors (Lipinski definition) is 2. The Balaban J connectivity index is 2.58. The summed E-state index contributed by atoms with van der Waals surface area (Å²) >= 11 is 0. The van der Waals surface area contributed by atoms with Gasteiger partial charge in [0, 0.05) is 18.9 Å². The van der Waals surface area contributed by atoms with Gasteiger partial charge in [-0.3, -0.25) is 0 Å². The molecule has 4 nitrogen and oxygen atoms in total. The smallest absolute Gasteiger partial charge is 0.203 e. The lowest BCUT2D eigenvalue weighted by molar-refractivity contribution is 0.258. The molecule has 0 aliphatic carbocycles. The molecule has 0 amide bonds. The van der Waals surface area contributed by atoms with Crippen LogP contribution >= 0.6 is 0 Å². The highest BCUT2D eigenvalue weighted by atomic mass is 16.3. The molecule has 0 aliphatic rings. The molecule has 2 N–H and O–H groups in total. The summed E-state index contributed by atoms with van der Waals surface area (Å²) in [4.78, 5) is 4.22. The van der Waals surface area contributed by atoms with Gasteiger partial charge in [0.2, 0.25) is 5.95 Å². The molecule has 1 aromatic rings. The molecule has 15 heavy (non-hydrogen) atoms. The lowest BCUT2D eigenvalue weighted by atomic mass is 10.0. The predicted molar refractivity (Wildman–Crippen MR) is 61.9 cm³/mol. The van der Waals surface area contributed by atoms with Crippen molar-refractivity contribution in [2.45, 2.75) is 39.8 Å². The summed E-state index contributed by atoms with van der Waals surface area (Å²) in [5.74, 6) is 1.41. The van der Waals surface area contributed by atoms with E-state index in [1.54, 1.807) is 6.20 Å². The zero-order valence-electron chi connectivity index (χ0n) is 9.77. The van der Waals surface area contributed by atoms with Crippen molar-refractivity contribution in [3.8, 4) is 0 Å². The zero-order valence-corrected chi connectivity index (χ0v) is 9.77. The Labute approximate surface area is 91.3 Å². The summed E-state index contributed by atoms with van der Waals surface area (Å²) in [6, 6.07) is 0.0951. The Bertz CT molecular complexity index is 283. The van der Waals surface area contributed by atoms with Crippen LogP contribution in [0.3, 0.4) is 0 Å². The van der Waals surface area contributed by atoms with E-state index in [4.69, 9.17) is 0 Å². The zero-order chi connectivity index (χ0) is 11.3. The van der Waals surface area contributed by atoms with E-state index in [1.807, 2.05) is 10.8 Å². The third kappa shape index (κ3) is 3.55. The summed E-state index contributed by atoms with van der Waals surface area (Å²) in [6.07, 6.45) is 4.66. The first kappa shape index (κ1) is 12.0. The van der Waals surface area contributed by atoms with Crippen LogP contribution in [0.15, 0.2) is 12.4 Å². The monoisotopic (exact) mass is 211 g/mol. The minimum absolute atomic E-state index is 0.0951. The first-order valence-corrected chi connectivity index (χ1v) is 5.55. The standard InChI is InChI=1S/C11H21N3O/c1-4-14-6-5-12-11(14)13-10(8-15)7-9(2)3/h5-6,9-10,15H,4,7-8H2,1-3H3,(H,12,13). The van der Waals surface area contributed by atoms with Gasteiger partial charge in [-0.05, 0) is 19.3 Å². The lowest BCUT2D eigenvalue weighted by Crippen LogP contribution is -2.27. The molecule has 0 fully saturated rings. The van der Waals surface area contributed by atoms with E-state index in [-0.39, 0.29) is 12.6 Å². The number of aromatic nitrogens is 2. The number of aliphatic hydroxyl groups is 1. The van der Waals surface area contributed by atoms with Crippen LogP contribution in [0.1, 0.15) is 27.2 Å². The van der Waals surface area contributed by atoms with Gasteiger partial charge in [0.05, 0.1) is 12.6 Å². The van der Waals surface area contributed by atoms with Crippen LogP contribution < -0.4 is 5.32 Å². The Morgan fingerprint density at radius 1 is 1.53 bits per heavy atom. The molecule has 0 saturated carbocycles. The molecule has 0 saturated heterocycles. The molecular weight excluding hydrogens is 190 g/mol. The van der Waals surface area contributed by atoms with Gasteiger partial charge in [-0.15, -0.1) is 0 Å². The van der Waals surface area contributed by atoms with E-state index in [1.165, 1.54) is 0 Å². The van der Waals surface area contributed by atoms with Crippen molar-refractivity contribution in [1.82, 2.24) is 9.55 Å². The molecule has 0 spiro atoms. The average molecular weight is 211 g/mol. The molecule has 1 heterocycles. The Morgan fingerprint density at radius 2 is 2.27 bits per heavy atom. The van der Waals surface area contributed by atoms with Crippen LogP contribution in [0, 0.1) is 5.92 Å². The fourth-order valence-corrected chi connectivity index (χ4v) is 1.64. The van der Waals surface area contributed by atoms with Crippen LogP contribution in [0.4, 0.5) is 5.95 Å². The Kier molecular flexibility index (Phi) is 4.62. The highest BCUT2D eigenvalue weighted by Gasteiger charge is 2.11. The van der Waals surface area contributed by atoms with E-state index in [0.29, 0.717) is 5.92 Å². The van der Waals surface area contributed by atoms with Gasteiger partial charge in [0.15, 0.2) is 0 Å². The molecule has 0 aromatic carbocycles. The first-order valence-electron chi connectivity index (χ1n) is 5.55. The topological polar surface area (TPSA) is 50.1 Å². The van der Waals surface area contributed by atoms with Crippen molar-refractivity contribution >= 4 is 5.95 Å². The molecule has 0 radical (unpaired) electrons. The van der Waals surface area contributed by atoms with Gasteiger partial charge >= 0.3 is 0 Å². The maximum absolute atomic E-state index is 9.24. The molecule has 1 atom stereocenters. The fourth-order valence-electron chi connectivity index (χ4n) is 1.64. The second kappa shape index (κ2) is 5.75. The third-order valence-corrected chi connectivity index (χ3v) is 2.37. The lowest BCUT2D eigenvalue weighted by Gasteiger charge is -2.19. The quantitative estimate of drug-likeness (QED) is 0.753. The minimum atomic E-state index is 0.0951. The van der Waals surface area contributed by atoms with Crippen molar-refractivity contribution < 1.29 is 5.11 Å². The van der Waals surface area contributed by atoms with Crippen molar-refractivity contribution in [3.63, 3.8) is 0 Å². The maximum Gasteiger partial charge on any atom is 0.203 e. The summed E-state index contributed by atoms with van der Waals surface area (Å²) in [5.41, 5.74) is 0. The van der Waals surface area contributed by atoms with Gasteiger partial charge in [-0.1, -0.05) is 13.8 Å². The SMILES string of the molecule is CCn1ccnc1NC(CO)CC(C)C. The van der Waals surface area contributed by atoms with E-state index in [2.05, 4.69) is 31.1 Å². The second-order valence-electron chi connectivity index (χ2n) is 4.19. The second-order valence-corrected chi connectivity index (χ2v) is 4.19. The number of nitrogens with zero attached hydrogens (tertiary/aromatic N) is 2. The fraction of sp³-hybridized carbons (Fsp3) is 0.727. The van der Waals surface area contributed by atoms with Crippen LogP contribution in [-0.2, 0) is 6.54 Å². The number of anilines is 1. The predicted octanol–water partition coefficient (Wildman–Crippen LogP) is 1.72. The first-order chi connectivity index (χ1) is 7.17. The van der Waals surface area contributed by atoms with E-state index in [9.17, 15) is 5.11 Å². The van der Waals surface area contributed by atoms with Crippen molar-refractivity contribution in [1.29, 1.82) is 0 Å². The minimum Gasteiger partial charge on any atom is -0.394 e. The van der Waals surface area contributed by atoms with Crippen LogP contribution in [0.2, 0.25) is 0 Å².